The van der Waals surface area contributed by atoms with E-state index in [1.807, 2.05) is 6.07 Å². The summed E-state index contributed by atoms with van der Waals surface area (Å²) in [4.78, 5) is 0. The van der Waals surface area contributed by atoms with Crippen LogP contribution >= 0.6 is 17.0 Å². The molecule has 102 valence electrons. The van der Waals surface area contributed by atoms with Crippen LogP contribution in [0.25, 0.3) is 0 Å². The van der Waals surface area contributed by atoms with E-state index in [1.165, 1.54) is 37.9 Å². The minimum atomic E-state index is 0. The molecule has 0 aliphatic carbocycles. The zero-order valence-corrected chi connectivity index (χ0v) is 12.6. The van der Waals surface area contributed by atoms with Crippen molar-refractivity contribution >= 4 is 17.0 Å². The van der Waals surface area contributed by atoms with Gasteiger partial charge in [0.25, 0.3) is 0 Å². The standard InChI is InChI=1S/C15H23NO.BrH/c17-12-15(14-4-2-1-3-5-14)7-6-13-8-10-16-11-9-13;/h1-5,13,15-17H,6-12H2;1H. The molecule has 0 aromatic heterocycles. The first-order valence-electron chi connectivity index (χ1n) is 6.76. The fraction of sp³-hybridized carbons (Fsp3) is 0.600. The number of halogens is 1. The Morgan fingerprint density at radius 1 is 1.17 bits per heavy atom. The largest absolute Gasteiger partial charge is 0.396 e. The lowest BCUT2D eigenvalue weighted by Crippen LogP contribution is -2.28. The number of benzene rings is 1. The van der Waals surface area contributed by atoms with E-state index in [4.69, 9.17) is 0 Å². The normalized spacial score (nSPS) is 18.1. The summed E-state index contributed by atoms with van der Waals surface area (Å²) in [6.45, 7) is 2.61. The molecule has 1 aliphatic rings. The first kappa shape index (κ1) is 15.7. The Hall–Kier alpha value is -0.380. The molecule has 0 spiro atoms. The van der Waals surface area contributed by atoms with Gasteiger partial charge in [-0.2, -0.15) is 0 Å². The zero-order valence-electron chi connectivity index (χ0n) is 10.8. The van der Waals surface area contributed by atoms with Crippen molar-refractivity contribution in [2.45, 2.75) is 31.6 Å². The fourth-order valence-electron chi connectivity index (χ4n) is 2.70. The molecule has 1 heterocycles. The third kappa shape index (κ3) is 4.71. The summed E-state index contributed by atoms with van der Waals surface area (Å²) >= 11 is 0. The minimum Gasteiger partial charge on any atom is -0.396 e. The fourth-order valence-corrected chi connectivity index (χ4v) is 2.70. The third-order valence-electron chi connectivity index (χ3n) is 3.87. The third-order valence-corrected chi connectivity index (χ3v) is 3.87. The quantitative estimate of drug-likeness (QED) is 0.875. The van der Waals surface area contributed by atoms with Gasteiger partial charge < -0.3 is 10.4 Å². The van der Waals surface area contributed by atoms with Gasteiger partial charge in [0.15, 0.2) is 0 Å². The number of hydrogen-bond donors (Lipinski definition) is 2. The Morgan fingerprint density at radius 2 is 1.83 bits per heavy atom. The number of aliphatic hydroxyl groups excluding tert-OH is 1. The molecule has 1 unspecified atom stereocenters. The van der Waals surface area contributed by atoms with Gasteiger partial charge in [0.2, 0.25) is 0 Å². The SMILES string of the molecule is Br.OCC(CCC1CCNCC1)c1ccccc1. The van der Waals surface area contributed by atoms with Crippen molar-refractivity contribution in [1.82, 2.24) is 5.32 Å². The molecular weight excluding hydrogens is 290 g/mol. The van der Waals surface area contributed by atoms with E-state index in [-0.39, 0.29) is 23.6 Å². The molecule has 1 saturated heterocycles. The molecular formula is C15H24BrNO. The molecule has 1 aliphatic heterocycles. The van der Waals surface area contributed by atoms with E-state index in [0.717, 1.165) is 12.3 Å². The van der Waals surface area contributed by atoms with Gasteiger partial charge in [0, 0.05) is 12.5 Å². The van der Waals surface area contributed by atoms with Gasteiger partial charge in [-0.15, -0.1) is 17.0 Å². The maximum absolute atomic E-state index is 9.50. The van der Waals surface area contributed by atoms with Crippen molar-refractivity contribution in [2.75, 3.05) is 19.7 Å². The summed E-state index contributed by atoms with van der Waals surface area (Å²) in [6, 6.07) is 10.4. The first-order valence-corrected chi connectivity index (χ1v) is 6.76. The minimum absolute atomic E-state index is 0. The van der Waals surface area contributed by atoms with E-state index < -0.39 is 0 Å². The highest BCUT2D eigenvalue weighted by Crippen LogP contribution is 2.26. The van der Waals surface area contributed by atoms with Gasteiger partial charge >= 0.3 is 0 Å². The van der Waals surface area contributed by atoms with Gasteiger partial charge in [-0.25, -0.2) is 0 Å². The van der Waals surface area contributed by atoms with Crippen molar-refractivity contribution in [3.05, 3.63) is 35.9 Å². The summed E-state index contributed by atoms with van der Waals surface area (Å²) < 4.78 is 0. The second-order valence-corrected chi connectivity index (χ2v) is 5.06. The molecule has 1 atom stereocenters. The number of piperidine rings is 1. The summed E-state index contributed by atoms with van der Waals surface area (Å²) in [6.07, 6.45) is 4.97. The Kier molecular flexibility index (Phi) is 7.56. The molecule has 2 N–H and O–H groups in total. The van der Waals surface area contributed by atoms with Gasteiger partial charge in [-0.05, 0) is 50.3 Å². The average Bonchev–Trinajstić information content (AvgIpc) is 2.42. The number of hydrogen-bond acceptors (Lipinski definition) is 2. The molecule has 18 heavy (non-hydrogen) atoms. The van der Waals surface area contributed by atoms with Gasteiger partial charge in [-0.3, -0.25) is 0 Å². The lowest BCUT2D eigenvalue weighted by Gasteiger charge is -2.24. The van der Waals surface area contributed by atoms with E-state index in [9.17, 15) is 5.11 Å². The van der Waals surface area contributed by atoms with Crippen LogP contribution in [-0.2, 0) is 0 Å². The van der Waals surface area contributed by atoms with Crippen LogP contribution in [0.5, 0.6) is 0 Å². The number of nitrogens with one attached hydrogen (secondary N) is 1. The predicted molar refractivity (Wildman–Crippen MR) is 81.4 cm³/mol. The van der Waals surface area contributed by atoms with Gasteiger partial charge in [-0.1, -0.05) is 30.3 Å². The highest BCUT2D eigenvalue weighted by Gasteiger charge is 2.16. The second-order valence-electron chi connectivity index (χ2n) is 5.06. The molecule has 2 rings (SSSR count). The molecule has 1 aromatic carbocycles. The van der Waals surface area contributed by atoms with Crippen molar-refractivity contribution in [2.24, 2.45) is 5.92 Å². The number of aliphatic hydroxyl groups is 1. The summed E-state index contributed by atoms with van der Waals surface area (Å²) in [5.74, 6) is 1.18. The second kappa shape index (κ2) is 8.68. The highest BCUT2D eigenvalue weighted by molar-refractivity contribution is 8.93. The Morgan fingerprint density at radius 3 is 2.44 bits per heavy atom. The zero-order chi connectivity index (χ0) is 11.9. The Bertz CT molecular complexity index is 312. The Labute approximate surface area is 121 Å². The lowest BCUT2D eigenvalue weighted by atomic mass is 9.87. The van der Waals surface area contributed by atoms with Crippen molar-refractivity contribution in [1.29, 1.82) is 0 Å². The van der Waals surface area contributed by atoms with Crippen LogP contribution in [0, 0.1) is 5.92 Å². The van der Waals surface area contributed by atoms with Gasteiger partial charge in [0.05, 0.1) is 0 Å². The summed E-state index contributed by atoms with van der Waals surface area (Å²) in [5, 5.41) is 12.9. The predicted octanol–water partition coefficient (Wildman–Crippen LogP) is 3.12. The number of rotatable bonds is 5. The van der Waals surface area contributed by atoms with E-state index in [1.54, 1.807) is 0 Å². The topological polar surface area (TPSA) is 32.3 Å². The first-order chi connectivity index (χ1) is 8.40. The molecule has 0 amide bonds. The van der Waals surface area contributed by atoms with Crippen LogP contribution in [0.4, 0.5) is 0 Å². The lowest BCUT2D eigenvalue weighted by molar-refractivity contribution is 0.244. The molecule has 1 aromatic rings. The molecule has 1 fully saturated rings. The van der Waals surface area contributed by atoms with Crippen LogP contribution in [0.2, 0.25) is 0 Å². The van der Waals surface area contributed by atoms with Crippen LogP contribution in [0.1, 0.15) is 37.2 Å². The maximum Gasteiger partial charge on any atom is 0.0499 e. The van der Waals surface area contributed by atoms with Crippen LogP contribution in [0.3, 0.4) is 0 Å². The summed E-state index contributed by atoms with van der Waals surface area (Å²) in [7, 11) is 0. The van der Waals surface area contributed by atoms with Crippen LogP contribution in [-0.4, -0.2) is 24.8 Å². The van der Waals surface area contributed by atoms with E-state index in [0.29, 0.717) is 5.92 Å². The van der Waals surface area contributed by atoms with Crippen molar-refractivity contribution < 1.29 is 5.11 Å². The maximum atomic E-state index is 9.50. The highest BCUT2D eigenvalue weighted by atomic mass is 79.9. The molecule has 0 bridgehead atoms. The molecule has 0 radical (unpaired) electrons. The van der Waals surface area contributed by atoms with E-state index in [2.05, 4.69) is 29.6 Å². The van der Waals surface area contributed by atoms with Crippen LogP contribution in [0.15, 0.2) is 30.3 Å². The van der Waals surface area contributed by atoms with E-state index >= 15 is 0 Å². The van der Waals surface area contributed by atoms with Crippen molar-refractivity contribution in [3.63, 3.8) is 0 Å². The Balaban J connectivity index is 0.00000162. The van der Waals surface area contributed by atoms with Crippen LogP contribution < -0.4 is 5.32 Å². The van der Waals surface area contributed by atoms with Gasteiger partial charge in [0.1, 0.15) is 0 Å². The molecule has 3 heteroatoms. The van der Waals surface area contributed by atoms with Crippen molar-refractivity contribution in [3.8, 4) is 0 Å². The smallest absolute Gasteiger partial charge is 0.0499 e. The summed E-state index contributed by atoms with van der Waals surface area (Å²) in [5.41, 5.74) is 1.28. The molecule has 0 saturated carbocycles. The average molecular weight is 314 g/mol. The molecule has 2 nitrogen and oxygen atoms in total. The monoisotopic (exact) mass is 313 g/mol.